The SMILES string of the molecule is CNCC(=O)N(CCc1ccc(C)cc1)CC(F)(F)F.Cl. The molecule has 1 rings (SSSR count). The molecule has 0 fully saturated rings. The first-order chi connectivity index (χ1) is 9.31. The van der Waals surface area contributed by atoms with Gasteiger partial charge < -0.3 is 10.2 Å². The molecule has 1 amide bonds. The van der Waals surface area contributed by atoms with Crippen molar-refractivity contribution in [3.05, 3.63) is 35.4 Å². The lowest BCUT2D eigenvalue weighted by atomic mass is 10.1. The van der Waals surface area contributed by atoms with Crippen LogP contribution < -0.4 is 5.32 Å². The summed E-state index contributed by atoms with van der Waals surface area (Å²) in [4.78, 5) is 12.5. The number of nitrogens with zero attached hydrogens (tertiary/aromatic N) is 1. The van der Waals surface area contributed by atoms with E-state index in [1.54, 1.807) is 0 Å². The van der Waals surface area contributed by atoms with Gasteiger partial charge >= 0.3 is 6.18 Å². The molecule has 0 aliphatic rings. The Kier molecular flexibility index (Phi) is 8.36. The van der Waals surface area contributed by atoms with Gasteiger partial charge in [-0.1, -0.05) is 29.8 Å². The number of rotatable bonds is 6. The average Bonchev–Trinajstić information content (AvgIpc) is 2.35. The Morgan fingerprint density at radius 1 is 1.24 bits per heavy atom. The van der Waals surface area contributed by atoms with E-state index >= 15 is 0 Å². The molecule has 1 aromatic rings. The van der Waals surface area contributed by atoms with Crippen molar-refractivity contribution in [1.29, 1.82) is 0 Å². The quantitative estimate of drug-likeness (QED) is 0.872. The molecule has 0 bridgehead atoms. The number of hydrogen-bond acceptors (Lipinski definition) is 2. The van der Waals surface area contributed by atoms with Crippen LogP contribution in [0.3, 0.4) is 0 Å². The topological polar surface area (TPSA) is 32.3 Å². The Labute approximate surface area is 128 Å². The zero-order valence-electron chi connectivity index (χ0n) is 12.0. The molecule has 3 nitrogen and oxygen atoms in total. The number of aryl methyl sites for hydroxylation is 1. The molecule has 0 aliphatic carbocycles. The van der Waals surface area contributed by atoms with Crippen LogP contribution >= 0.6 is 12.4 Å². The summed E-state index contributed by atoms with van der Waals surface area (Å²) in [5.74, 6) is -0.545. The number of halogens is 4. The Morgan fingerprint density at radius 2 is 1.81 bits per heavy atom. The Hall–Kier alpha value is -1.27. The third-order valence-corrected chi connectivity index (χ3v) is 2.84. The second kappa shape index (κ2) is 8.89. The molecule has 120 valence electrons. The summed E-state index contributed by atoms with van der Waals surface area (Å²) in [6, 6.07) is 7.53. The first-order valence-corrected chi connectivity index (χ1v) is 6.36. The van der Waals surface area contributed by atoms with Gasteiger partial charge in [0.15, 0.2) is 0 Å². The van der Waals surface area contributed by atoms with E-state index < -0.39 is 18.6 Å². The third kappa shape index (κ3) is 7.92. The minimum absolute atomic E-state index is 0. The Balaban J connectivity index is 0.00000400. The lowest BCUT2D eigenvalue weighted by molar-refractivity contribution is -0.160. The van der Waals surface area contributed by atoms with Crippen LogP contribution in [0.2, 0.25) is 0 Å². The van der Waals surface area contributed by atoms with E-state index in [9.17, 15) is 18.0 Å². The van der Waals surface area contributed by atoms with Crippen LogP contribution in [0.1, 0.15) is 11.1 Å². The highest BCUT2D eigenvalue weighted by Gasteiger charge is 2.32. The summed E-state index contributed by atoms with van der Waals surface area (Å²) in [6.45, 7) is 0.697. The maximum atomic E-state index is 12.5. The first kappa shape index (κ1) is 19.7. The van der Waals surface area contributed by atoms with Gasteiger partial charge in [-0.15, -0.1) is 12.4 Å². The molecule has 0 saturated heterocycles. The monoisotopic (exact) mass is 324 g/mol. The van der Waals surface area contributed by atoms with Crippen LogP contribution in [0.5, 0.6) is 0 Å². The van der Waals surface area contributed by atoms with Crippen LogP contribution in [-0.2, 0) is 11.2 Å². The maximum absolute atomic E-state index is 12.5. The molecule has 0 spiro atoms. The molecule has 0 atom stereocenters. The van der Waals surface area contributed by atoms with Crippen molar-refractivity contribution in [1.82, 2.24) is 10.2 Å². The van der Waals surface area contributed by atoms with Gasteiger partial charge in [0, 0.05) is 6.54 Å². The van der Waals surface area contributed by atoms with Gasteiger partial charge in [-0.25, -0.2) is 0 Å². The highest BCUT2D eigenvalue weighted by molar-refractivity contribution is 5.85. The van der Waals surface area contributed by atoms with Gasteiger partial charge in [0.25, 0.3) is 0 Å². The number of hydrogen-bond donors (Lipinski definition) is 1. The highest BCUT2D eigenvalue weighted by atomic mass is 35.5. The van der Waals surface area contributed by atoms with Crippen molar-refractivity contribution >= 4 is 18.3 Å². The van der Waals surface area contributed by atoms with Crippen molar-refractivity contribution in [2.75, 3.05) is 26.7 Å². The standard InChI is InChI=1S/C14H19F3N2O.ClH/c1-11-3-5-12(6-4-11)7-8-19(10-14(15,16)17)13(20)9-18-2;/h3-6,18H,7-10H2,1-2H3;1H. The second-order valence-corrected chi connectivity index (χ2v) is 4.70. The molecule has 0 heterocycles. The minimum Gasteiger partial charge on any atom is -0.332 e. The number of alkyl halides is 3. The van der Waals surface area contributed by atoms with Gasteiger partial charge in [0.05, 0.1) is 6.54 Å². The van der Waals surface area contributed by atoms with E-state index in [1.807, 2.05) is 31.2 Å². The number of benzene rings is 1. The number of carbonyl (C=O) groups excluding carboxylic acids is 1. The molecule has 1 aromatic carbocycles. The Morgan fingerprint density at radius 3 is 2.29 bits per heavy atom. The molecule has 0 saturated carbocycles. The number of nitrogens with one attached hydrogen (secondary N) is 1. The Bertz CT molecular complexity index is 435. The molecule has 0 aromatic heterocycles. The van der Waals surface area contributed by atoms with E-state index in [4.69, 9.17) is 0 Å². The zero-order chi connectivity index (χ0) is 15.2. The summed E-state index contributed by atoms with van der Waals surface area (Å²) >= 11 is 0. The molecular formula is C14H20ClF3N2O. The smallest absolute Gasteiger partial charge is 0.332 e. The maximum Gasteiger partial charge on any atom is 0.406 e. The normalized spacial score (nSPS) is 10.9. The van der Waals surface area contributed by atoms with Crippen LogP contribution in [0.4, 0.5) is 13.2 Å². The van der Waals surface area contributed by atoms with Crippen molar-refractivity contribution in [2.24, 2.45) is 0 Å². The minimum atomic E-state index is -4.38. The van der Waals surface area contributed by atoms with Gasteiger partial charge in [-0.2, -0.15) is 13.2 Å². The van der Waals surface area contributed by atoms with Crippen LogP contribution in [0, 0.1) is 6.92 Å². The molecule has 21 heavy (non-hydrogen) atoms. The number of amides is 1. The lowest BCUT2D eigenvalue weighted by Gasteiger charge is -2.24. The predicted octanol–water partition coefficient (Wildman–Crippen LogP) is 2.57. The summed E-state index contributed by atoms with van der Waals surface area (Å²) in [5, 5.41) is 2.58. The second-order valence-electron chi connectivity index (χ2n) is 4.70. The fourth-order valence-electron chi connectivity index (χ4n) is 1.79. The largest absolute Gasteiger partial charge is 0.406 e. The van der Waals surface area contributed by atoms with Crippen LogP contribution in [0.25, 0.3) is 0 Å². The predicted molar refractivity (Wildman–Crippen MR) is 78.7 cm³/mol. The van der Waals surface area contributed by atoms with Gasteiger partial charge in [-0.3, -0.25) is 4.79 Å². The lowest BCUT2D eigenvalue weighted by Crippen LogP contribution is -2.43. The molecule has 0 aliphatic heterocycles. The summed E-state index contributed by atoms with van der Waals surface area (Å²) < 4.78 is 37.4. The van der Waals surface area contributed by atoms with Gasteiger partial charge in [0.1, 0.15) is 6.54 Å². The highest BCUT2D eigenvalue weighted by Crippen LogP contribution is 2.17. The van der Waals surface area contributed by atoms with Crippen molar-refractivity contribution < 1.29 is 18.0 Å². The van der Waals surface area contributed by atoms with Crippen LogP contribution in [0.15, 0.2) is 24.3 Å². The molecule has 0 unspecified atom stereocenters. The fourth-order valence-corrected chi connectivity index (χ4v) is 1.79. The average molecular weight is 325 g/mol. The fraction of sp³-hybridized carbons (Fsp3) is 0.500. The van der Waals surface area contributed by atoms with Gasteiger partial charge in [0.2, 0.25) is 5.91 Å². The first-order valence-electron chi connectivity index (χ1n) is 6.36. The van der Waals surface area contributed by atoms with Crippen molar-refractivity contribution in [3.63, 3.8) is 0 Å². The molecule has 7 heteroatoms. The third-order valence-electron chi connectivity index (χ3n) is 2.84. The van der Waals surface area contributed by atoms with Gasteiger partial charge in [-0.05, 0) is 26.0 Å². The van der Waals surface area contributed by atoms with Crippen molar-refractivity contribution in [3.8, 4) is 0 Å². The summed E-state index contributed by atoms with van der Waals surface area (Å²) in [7, 11) is 1.53. The molecular weight excluding hydrogens is 305 g/mol. The zero-order valence-corrected chi connectivity index (χ0v) is 12.9. The van der Waals surface area contributed by atoms with Crippen molar-refractivity contribution in [2.45, 2.75) is 19.5 Å². The van der Waals surface area contributed by atoms with E-state index in [-0.39, 0.29) is 25.5 Å². The summed E-state index contributed by atoms with van der Waals surface area (Å²) in [6.07, 6.45) is -3.97. The molecule has 1 N–H and O–H groups in total. The van der Waals surface area contributed by atoms with E-state index in [1.165, 1.54) is 7.05 Å². The van der Waals surface area contributed by atoms with E-state index in [0.29, 0.717) is 6.42 Å². The number of carbonyl (C=O) groups is 1. The molecule has 0 radical (unpaired) electrons. The number of likely N-dealkylation sites (N-methyl/N-ethyl adjacent to an activating group) is 1. The summed E-state index contributed by atoms with van der Waals surface area (Å²) in [5.41, 5.74) is 2.01. The van der Waals surface area contributed by atoms with Crippen LogP contribution in [-0.4, -0.2) is 43.7 Å². The van der Waals surface area contributed by atoms with E-state index in [0.717, 1.165) is 16.0 Å². The van der Waals surface area contributed by atoms with E-state index in [2.05, 4.69) is 5.32 Å².